The summed E-state index contributed by atoms with van der Waals surface area (Å²) in [4.78, 5) is 22.7. The number of hydrogen-bond donors (Lipinski definition) is 2. The van der Waals surface area contributed by atoms with E-state index in [9.17, 15) is 19.8 Å². The number of carboxylic acid groups (broad SMARTS) is 2. The quantitative estimate of drug-likeness (QED) is 0.767. The molecular formula is C14H26O4. The number of rotatable bonds is 6. The Bertz CT molecular complexity index is 301. The van der Waals surface area contributed by atoms with Crippen LogP contribution in [0.25, 0.3) is 0 Å². The molecule has 0 fully saturated rings. The summed E-state index contributed by atoms with van der Waals surface area (Å²) in [5.41, 5.74) is -0.00680. The van der Waals surface area contributed by atoms with Crippen molar-refractivity contribution in [1.29, 1.82) is 0 Å². The zero-order valence-corrected chi connectivity index (χ0v) is 12.2. The van der Waals surface area contributed by atoms with E-state index in [2.05, 4.69) is 0 Å². The van der Waals surface area contributed by atoms with Gasteiger partial charge >= 0.3 is 11.9 Å². The minimum atomic E-state index is -1.02. The molecule has 0 bridgehead atoms. The molecule has 0 aromatic rings. The fraction of sp³-hybridized carbons (Fsp3) is 0.857. The SMILES string of the molecule is CC(C)C(C(=O)O)C(C(=O)O)C(C)CC(C)(C)C. The lowest BCUT2D eigenvalue weighted by atomic mass is 9.71. The molecule has 0 saturated carbocycles. The summed E-state index contributed by atoms with van der Waals surface area (Å²) in [6, 6.07) is 0. The molecule has 0 aliphatic carbocycles. The van der Waals surface area contributed by atoms with Crippen molar-refractivity contribution in [2.75, 3.05) is 0 Å². The normalized spacial score (nSPS) is 17.3. The summed E-state index contributed by atoms with van der Waals surface area (Å²) in [5, 5.41) is 18.6. The highest BCUT2D eigenvalue weighted by Crippen LogP contribution is 2.35. The van der Waals surface area contributed by atoms with E-state index in [1.54, 1.807) is 13.8 Å². The molecule has 0 radical (unpaired) electrons. The lowest BCUT2D eigenvalue weighted by Gasteiger charge is -2.32. The Hall–Kier alpha value is -1.06. The fourth-order valence-corrected chi connectivity index (χ4v) is 2.70. The van der Waals surface area contributed by atoms with Crippen LogP contribution in [0.2, 0.25) is 0 Å². The van der Waals surface area contributed by atoms with Crippen LogP contribution in [-0.2, 0) is 9.59 Å². The summed E-state index contributed by atoms with van der Waals surface area (Å²) >= 11 is 0. The molecule has 0 aliphatic rings. The van der Waals surface area contributed by atoms with Gasteiger partial charge < -0.3 is 10.2 Å². The highest BCUT2D eigenvalue weighted by molar-refractivity contribution is 5.80. The van der Waals surface area contributed by atoms with Crippen LogP contribution in [0, 0.1) is 29.1 Å². The van der Waals surface area contributed by atoms with Crippen LogP contribution >= 0.6 is 0 Å². The van der Waals surface area contributed by atoms with Crippen molar-refractivity contribution in [3.8, 4) is 0 Å². The second kappa shape index (κ2) is 6.21. The fourth-order valence-electron chi connectivity index (χ4n) is 2.70. The Morgan fingerprint density at radius 2 is 1.33 bits per heavy atom. The van der Waals surface area contributed by atoms with E-state index in [1.165, 1.54) is 0 Å². The third-order valence-corrected chi connectivity index (χ3v) is 3.22. The van der Waals surface area contributed by atoms with Crippen molar-refractivity contribution >= 4 is 11.9 Å². The van der Waals surface area contributed by atoms with Crippen LogP contribution in [0.15, 0.2) is 0 Å². The molecule has 0 heterocycles. The Morgan fingerprint density at radius 1 is 0.944 bits per heavy atom. The zero-order valence-electron chi connectivity index (χ0n) is 12.2. The third-order valence-electron chi connectivity index (χ3n) is 3.22. The minimum Gasteiger partial charge on any atom is -0.481 e. The monoisotopic (exact) mass is 258 g/mol. The maximum Gasteiger partial charge on any atom is 0.307 e. The van der Waals surface area contributed by atoms with Gasteiger partial charge in [0.15, 0.2) is 0 Å². The van der Waals surface area contributed by atoms with E-state index < -0.39 is 23.8 Å². The standard InChI is InChI=1S/C14H26O4/c1-8(2)10(12(15)16)11(13(17)18)9(3)7-14(4,5)6/h8-11H,7H2,1-6H3,(H,15,16)(H,17,18). The maximum atomic E-state index is 11.4. The highest BCUT2D eigenvalue weighted by atomic mass is 16.4. The molecule has 0 spiro atoms. The Balaban J connectivity index is 5.17. The smallest absolute Gasteiger partial charge is 0.307 e. The van der Waals surface area contributed by atoms with Gasteiger partial charge in [0.2, 0.25) is 0 Å². The van der Waals surface area contributed by atoms with Crippen LogP contribution < -0.4 is 0 Å². The molecule has 106 valence electrons. The van der Waals surface area contributed by atoms with E-state index >= 15 is 0 Å². The Morgan fingerprint density at radius 3 is 1.56 bits per heavy atom. The third kappa shape index (κ3) is 5.07. The minimum absolute atomic E-state index is 0.00680. The van der Waals surface area contributed by atoms with Gasteiger partial charge in [-0.1, -0.05) is 41.5 Å². The maximum absolute atomic E-state index is 11.4. The van der Waals surface area contributed by atoms with Crippen LogP contribution in [0.3, 0.4) is 0 Å². The van der Waals surface area contributed by atoms with Gasteiger partial charge in [-0.3, -0.25) is 9.59 Å². The lowest BCUT2D eigenvalue weighted by Crippen LogP contribution is -2.38. The Labute approximate surface area is 109 Å². The predicted molar refractivity (Wildman–Crippen MR) is 70.3 cm³/mol. The van der Waals surface area contributed by atoms with E-state index in [-0.39, 0.29) is 17.3 Å². The van der Waals surface area contributed by atoms with Crippen LogP contribution in [-0.4, -0.2) is 22.2 Å². The number of hydrogen-bond acceptors (Lipinski definition) is 2. The van der Waals surface area contributed by atoms with Gasteiger partial charge in [-0.2, -0.15) is 0 Å². The van der Waals surface area contributed by atoms with Gasteiger partial charge in [-0.05, 0) is 23.7 Å². The molecule has 0 rings (SSSR count). The van der Waals surface area contributed by atoms with Gasteiger partial charge in [0.1, 0.15) is 0 Å². The van der Waals surface area contributed by atoms with Crippen molar-refractivity contribution in [2.45, 2.75) is 48.0 Å². The number of aliphatic carboxylic acids is 2. The molecule has 3 unspecified atom stereocenters. The Kier molecular flexibility index (Phi) is 5.84. The van der Waals surface area contributed by atoms with Gasteiger partial charge in [0, 0.05) is 0 Å². The van der Waals surface area contributed by atoms with Crippen molar-refractivity contribution in [2.24, 2.45) is 29.1 Å². The van der Waals surface area contributed by atoms with Gasteiger partial charge in [0.05, 0.1) is 11.8 Å². The molecular weight excluding hydrogens is 232 g/mol. The van der Waals surface area contributed by atoms with Crippen molar-refractivity contribution in [1.82, 2.24) is 0 Å². The molecule has 2 N–H and O–H groups in total. The summed E-state index contributed by atoms with van der Waals surface area (Å²) in [7, 11) is 0. The first-order valence-electron chi connectivity index (χ1n) is 6.43. The molecule has 0 aromatic carbocycles. The average Bonchev–Trinajstić information content (AvgIpc) is 2.08. The number of carbonyl (C=O) groups is 2. The molecule has 4 nitrogen and oxygen atoms in total. The van der Waals surface area contributed by atoms with Crippen molar-refractivity contribution in [3.63, 3.8) is 0 Å². The topological polar surface area (TPSA) is 74.6 Å². The van der Waals surface area contributed by atoms with Crippen LogP contribution in [0.4, 0.5) is 0 Å². The van der Waals surface area contributed by atoms with E-state index in [4.69, 9.17) is 0 Å². The summed E-state index contributed by atoms with van der Waals surface area (Å²) in [6.07, 6.45) is 0.695. The summed E-state index contributed by atoms with van der Waals surface area (Å²) in [5.74, 6) is -4.04. The lowest BCUT2D eigenvalue weighted by molar-refractivity contribution is -0.158. The second-order valence-corrected chi connectivity index (χ2v) is 6.71. The molecule has 0 saturated heterocycles. The van der Waals surface area contributed by atoms with Gasteiger partial charge in [-0.25, -0.2) is 0 Å². The first kappa shape index (κ1) is 16.9. The first-order chi connectivity index (χ1) is 7.97. The molecule has 18 heavy (non-hydrogen) atoms. The van der Waals surface area contributed by atoms with Gasteiger partial charge in [-0.15, -0.1) is 0 Å². The molecule has 0 amide bonds. The largest absolute Gasteiger partial charge is 0.481 e. The molecule has 0 aromatic heterocycles. The molecule has 4 heteroatoms. The summed E-state index contributed by atoms with van der Waals surface area (Å²) in [6.45, 7) is 11.5. The van der Waals surface area contributed by atoms with E-state index in [1.807, 2.05) is 27.7 Å². The number of carboxylic acids is 2. The van der Waals surface area contributed by atoms with Gasteiger partial charge in [0.25, 0.3) is 0 Å². The molecule has 3 atom stereocenters. The molecule has 0 aliphatic heterocycles. The second-order valence-electron chi connectivity index (χ2n) is 6.71. The van der Waals surface area contributed by atoms with Crippen molar-refractivity contribution < 1.29 is 19.8 Å². The first-order valence-corrected chi connectivity index (χ1v) is 6.43. The highest BCUT2D eigenvalue weighted by Gasteiger charge is 2.40. The van der Waals surface area contributed by atoms with Crippen molar-refractivity contribution in [3.05, 3.63) is 0 Å². The summed E-state index contributed by atoms with van der Waals surface area (Å²) < 4.78 is 0. The van der Waals surface area contributed by atoms with E-state index in [0.29, 0.717) is 6.42 Å². The predicted octanol–water partition coefficient (Wildman–Crippen LogP) is 3.12. The van der Waals surface area contributed by atoms with Crippen LogP contribution in [0.5, 0.6) is 0 Å². The zero-order chi connectivity index (χ0) is 14.7. The average molecular weight is 258 g/mol. The van der Waals surface area contributed by atoms with Crippen LogP contribution in [0.1, 0.15) is 48.0 Å². The van der Waals surface area contributed by atoms with E-state index in [0.717, 1.165) is 0 Å².